The van der Waals surface area contributed by atoms with E-state index in [0.29, 0.717) is 17.9 Å². The molecule has 1 amide bonds. The molecule has 2 aromatic carbocycles. The molecular weight excluding hydrogens is 306 g/mol. The van der Waals surface area contributed by atoms with Gasteiger partial charge in [0.1, 0.15) is 18.1 Å². The van der Waals surface area contributed by atoms with Crippen LogP contribution in [0.3, 0.4) is 0 Å². The predicted molar refractivity (Wildman–Crippen MR) is 91.4 cm³/mol. The minimum atomic E-state index is -1.19. The lowest BCUT2D eigenvalue weighted by Gasteiger charge is -2.08. The lowest BCUT2D eigenvalue weighted by atomic mass is 10.1. The van der Waals surface area contributed by atoms with E-state index in [4.69, 9.17) is 9.84 Å². The summed E-state index contributed by atoms with van der Waals surface area (Å²) in [7, 11) is 0. The highest BCUT2D eigenvalue weighted by molar-refractivity contribution is 5.96. The van der Waals surface area contributed by atoms with Gasteiger partial charge in [0.25, 0.3) is 0 Å². The first kappa shape index (κ1) is 17.3. The highest BCUT2D eigenvalue weighted by atomic mass is 16.5. The molecule has 0 aliphatic rings. The average Bonchev–Trinajstić information content (AvgIpc) is 2.53. The van der Waals surface area contributed by atoms with Crippen molar-refractivity contribution in [3.63, 3.8) is 0 Å². The van der Waals surface area contributed by atoms with Crippen molar-refractivity contribution in [2.24, 2.45) is 0 Å². The molecule has 0 saturated heterocycles. The van der Waals surface area contributed by atoms with Crippen LogP contribution in [-0.4, -0.2) is 17.0 Å². The minimum absolute atomic E-state index is 0.170. The summed E-state index contributed by atoms with van der Waals surface area (Å²) in [5.74, 6) is -0.934. The Bertz CT molecular complexity index is 763. The van der Waals surface area contributed by atoms with E-state index >= 15 is 0 Å². The second-order valence-corrected chi connectivity index (χ2v) is 5.39. The van der Waals surface area contributed by atoms with Gasteiger partial charge >= 0.3 is 5.97 Å². The molecule has 5 nitrogen and oxygen atoms in total. The zero-order valence-electron chi connectivity index (χ0n) is 13.6. The number of aryl methyl sites for hydroxylation is 1. The first-order valence-corrected chi connectivity index (χ1v) is 7.45. The third-order valence-corrected chi connectivity index (χ3v) is 3.22. The number of hydrogen-bond donors (Lipinski definition) is 2. The molecule has 24 heavy (non-hydrogen) atoms. The fraction of sp³-hybridized carbons (Fsp3) is 0.158. The van der Waals surface area contributed by atoms with Gasteiger partial charge in [-0.3, -0.25) is 4.79 Å². The highest BCUT2D eigenvalue weighted by Crippen LogP contribution is 2.16. The molecule has 5 heteroatoms. The van der Waals surface area contributed by atoms with Crippen LogP contribution in [0.25, 0.3) is 6.08 Å². The van der Waals surface area contributed by atoms with Gasteiger partial charge in [-0.15, -0.1) is 0 Å². The van der Waals surface area contributed by atoms with Crippen molar-refractivity contribution in [3.8, 4) is 5.75 Å². The number of hydrogen-bond acceptors (Lipinski definition) is 3. The molecule has 0 unspecified atom stereocenters. The molecule has 2 aromatic rings. The topological polar surface area (TPSA) is 75.6 Å². The van der Waals surface area contributed by atoms with Crippen molar-refractivity contribution < 1.29 is 19.4 Å². The number of carbonyl (C=O) groups excluding carboxylic acids is 1. The maximum absolute atomic E-state index is 11.1. The number of ether oxygens (including phenoxy) is 1. The summed E-state index contributed by atoms with van der Waals surface area (Å²) in [6.07, 6.45) is 1.40. The number of carboxylic acid groups (broad SMARTS) is 1. The van der Waals surface area contributed by atoms with Crippen LogP contribution in [0.2, 0.25) is 0 Å². The molecule has 0 fully saturated rings. The molecule has 2 rings (SSSR count). The summed E-state index contributed by atoms with van der Waals surface area (Å²) in [5, 5.41) is 11.3. The van der Waals surface area contributed by atoms with E-state index in [1.807, 2.05) is 25.1 Å². The number of carbonyl (C=O) groups is 2. The van der Waals surface area contributed by atoms with Crippen LogP contribution >= 0.6 is 0 Å². The van der Waals surface area contributed by atoms with E-state index in [-0.39, 0.29) is 5.70 Å². The summed E-state index contributed by atoms with van der Waals surface area (Å²) in [5.41, 5.74) is 2.74. The van der Waals surface area contributed by atoms with E-state index in [9.17, 15) is 9.59 Å². The standard InChI is InChI=1S/C19H19NO4/c1-13-4-3-5-16(10-13)12-24-17-8-6-15(7-9-17)11-18(19(22)23)20-14(2)21/h3-11H,12H2,1-2H3,(H,20,21)(H,22,23). The molecule has 0 saturated carbocycles. The number of amides is 1. The minimum Gasteiger partial charge on any atom is -0.489 e. The molecule has 0 atom stereocenters. The molecular formula is C19H19NO4. The second-order valence-electron chi connectivity index (χ2n) is 5.39. The van der Waals surface area contributed by atoms with Gasteiger partial charge in [0.05, 0.1) is 0 Å². The third-order valence-electron chi connectivity index (χ3n) is 3.22. The molecule has 2 N–H and O–H groups in total. The van der Waals surface area contributed by atoms with Crippen molar-refractivity contribution in [1.29, 1.82) is 0 Å². The Morgan fingerprint density at radius 2 is 1.88 bits per heavy atom. The monoisotopic (exact) mass is 325 g/mol. The van der Waals surface area contributed by atoms with Crippen LogP contribution in [0.4, 0.5) is 0 Å². The van der Waals surface area contributed by atoms with Crippen molar-refractivity contribution >= 4 is 18.0 Å². The molecule has 0 aromatic heterocycles. The number of benzene rings is 2. The highest BCUT2D eigenvalue weighted by Gasteiger charge is 2.08. The van der Waals surface area contributed by atoms with Gasteiger partial charge in [-0.2, -0.15) is 0 Å². The van der Waals surface area contributed by atoms with Crippen molar-refractivity contribution in [2.45, 2.75) is 20.5 Å². The number of nitrogens with one attached hydrogen (secondary N) is 1. The predicted octanol–water partition coefficient (Wildman–Crippen LogP) is 3.14. The Balaban J connectivity index is 2.04. The zero-order valence-corrected chi connectivity index (χ0v) is 13.6. The molecule has 0 heterocycles. The average molecular weight is 325 g/mol. The van der Waals surface area contributed by atoms with Crippen molar-refractivity contribution in [3.05, 3.63) is 70.9 Å². The van der Waals surface area contributed by atoms with Crippen molar-refractivity contribution in [2.75, 3.05) is 0 Å². The van der Waals surface area contributed by atoms with Crippen LogP contribution in [0, 0.1) is 6.92 Å². The zero-order chi connectivity index (χ0) is 17.5. The molecule has 0 aliphatic heterocycles. The van der Waals surface area contributed by atoms with Gasteiger partial charge < -0.3 is 15.2 Å². The number of carboxylic acids is 1. The summed E-state index contributed by atoms with van der Waals surface area (Å²) in [4.78, 5) is 22.1. The SMILES string of the molecule is CC(=O)NC(=Cc1ccc(OCc2cccc(C)c2)cc1)C(=O)O. The maximum atomic E-state index is 11.1. The fourth-order valence-electron chi connectivity index (χ4n) is 2.14. The summed E-state index contributed by atoms with van der Waals surface area (Å²) < 4.78 is 5.71. The number of aliphatic carboxylic acids is 1. The normalized spacial score (nSPS) is 11.0. The Kier molecular flexibility index (Phi) is 5.73. The lowest BCUT2D eigenvalue weighted by Crippen LogP contribution is -2.24. The Morgan fingerprint density at radius 3 is 2.46 bits per heavy atom. The van der Waals surface area contributed by atoms with E-state index in [1.54, 1.807) is 24.3 Å². The van der Waals surface area contributed by atoms with E-state index in [0.717, 1.165) is 5.56 Å². The van der Waals surface area contributed by atoms with Gasteiger partial charge in [-0.05, 0) is 36.3 Å². The molecule has 0 aliphatic carbocycles. The first-order chi connectivity index (χ1) is 11.4. The third kappa shape index (κ3) is 5.28. The van der Waals surface area contributed by atoms with Crippen molar-refractivity contribution in [1.82, 2.24) is 5.32 Å². The van der Waals surface area contributed by atoms with Gasteiger partial charge in [-0.25, -0.2) is 4.79 Å². The number of rotatable bonds is 6. The first-order valence-electron chi connectivity index (χ1n) is 7.45. The molecule has 0 spiro atoms. The van der Waals surface area contributed by atoms with Crippen LogP contribution < -0.4 is 10.1 Å². The quantitative estimate of drug-likeness (QED) is 0.800. The fourth-order valence-corrected chi connectivity index (χ4v) is 2.14. The molecule has 124 valence electrons. The maximum Gasteiger partial charge on any atom is 0.352 e. The van der Waals surface area contributed by atoms with Gasteiger partial charge in [0, 0.05) is 6.92 Å². The van der Waals surface area contributed by atoms with Gasteiger partial charge in [0.2, 0.25) is 5.91 Å². The molecule has 0 bridgehead atoms. The van der Waals surface area contributed by atoms with Crippen LogP contribution in [0.5, 0.6) is 5.75 Å². The van der Waals surface area contributed by atoms with Gasteiger partial charge in [-0.1, -0.05) is 42.0 Å². The molecule has 0 radical (unpaired) electrons. The summed E-state index contributed by atoms with van der Waals surface area (Å²) in [6.45, 7) is 3.75. The summed E-state index contributed by atoms with van der Waals surface area (Å²) >= 11 is 0. The Labute approximate surface area is 140 Å². The van der Waals surface area contributed by atoms with Crippen LogP contribution in [0.15, 0.2) is 54.2 Å². The van der Waals surface area contributed by atoms with Crippen LogP contribution in [0.1, 0.15) is 23.6 Å². The Hall–Kier alpha value is -3.08. The largest absolute Gasteiger partial charge is 0.489 e. The van der Waals surface area contributed by atoms with E-state index in [1.165, 1.54) is 18.6 Å². The van der Waals surface area contributed by atoms with E-state index < -0.39 is 11.9 Å². The van der Waals surface area contributed by atoms with Gasteiger partial charge in [0.15, 0.2) is 0 Å². The van der Waals surface area contributed by atoms with Crippen LogP contribution in [-0.2, 0) is 16.2 Å². The Morgan fingerprint density at radius 1 is 1.17 bits per heavy atom. The second kappa shape index (κ2) is 7.97. The lowest BCUT2D eigenvalue weighted by molar-refractivity contribution is -0.134. The van der Waals surface area contributed by atoms with E-state index in [2.05, 4.69) is 11.4 Å². The smallest absolute Gasteiger partial charge is 0.352 e. The summed E-state index contributed by atoms with van der Waals surface area (Å²) in [6, 6.07) is 15.0.